The third-order valence-corrected chi connectivity index (χ3v) is 7.27. The van der Waals surface area contributed by atoms with E-state index < -0.39 is 48.0 Å². The first-order valence-electron chi connectivity index (χ1n) is 13.5. The quantitative estimate of drug-likeness (QED) is 0.294. The van der Waals surface area contributed by atoms with Crippen LogP contribution in [0.15, 0.2) is 18.2 Å². The van der Waals surface area contributed by atoms with E-state index in [4.69, 9.17) is 5.73 Å². The Labute approximate surface area is 230 Å². The molecule has 1 saturated heterocycles. The zero-order valence-electron chi connectivity index (χ0n) is 23.1. The summed E-state index contributed by atoms with van der Waals surface area (Å²) in [7, 11) is 0. The molecule has 2 fully saturated rings. The second-order valence-electron chi connectivity index (χ2n) is 9.82. The van der Waals surface area contributed by atoms with Gasteiger partial charge in [-0.05, 0) is 42.5 Å². The Kier molecular flexibility index (Phi) is 11.3. The third kappa shape index (κ3) is 7.80. The lowest BCUT2D eigenvalue weighted by molar-refractivity contribution is -0.143. The van der Waals surface area contributed by atoms with Crippen molar-refractivity contribution in [3.8, 4) is 6.07 Å². The first-order chi connectivity index (χ1) is 18.7. The summed E-state index contributed by atoms with van der Waals surface area (Å²) in [5.41, 5.74) is 2.67. The first-order valence-corrected chi connectivity index (χ1v) is 13.5. The van der Waals surface area contributed by atoms with E-state index in [9.17, 15) is 41.2 Å². The second-order valence-corrected chi connectivity index (χ2v) is 9.82. The maximum atomic E-state index is 13.3. The first kappa shape index (κ1) is 33.2. The summed E-state index contributed by atoms with van der Waals surface area (Å²) < 4.78 is 79.8. The molecule has 3 amide bonds. The van der Waals surface area contributed by atoms with Crippen molar-refractivity contribution < 1.29 is 35.9 Å². The molecule has 2 N–H and O–H groups in total. The van der Waals surface area contributed by atoms with Gasteiger partial charge in [-0.25, -0.2) is 4.79 Å². The highest BCUT2D eigenvalue weighted by Gasteiger charge is 2.45. The van der Waals surface area contributed by atoms with Crippen molar-refractivity contribution in [1.82, 2.24) is 14.7 Å². The van der Waals surface area contributed by atoms with E-state index in [-0.39, 0.29) is 49.8 Å². The molecule has 4 atom stereocenters. The molecule has 0 aromatic heterocycles. The Morgan fingerprint density at radius 3 is 2.10 bits per heavy atom. The van der Waals surface area contributed by atoms with Crippen LogP contribution in [-0.2, 0) is 23.7 Å². The van der Waals surface area contributed by atoms with Gasteiger partial charge in [-0.2, -0.15) is 31.6 Å². The molecular formula is C27H37F6N5O2. The van der Waals surface area contributed by atoms with Gasteiger partial charge < -0.3 is 20.4 Å². The molecule has 0 bridgehead atoms. The van der Waals surface area contributed by atoms with Crippen LogP contribution < -0.4 is 5.73 Å². The number of hydrogen-bond acceptors (Lipinski definition) is 4. The molecule has 0 radical (unpaired) electrons. The number of amides is 3. The largest absolute Gasteiger partial charge is 0.416 e. The zero-order valence-corrected chi connectivity index (χ0v) is 23.1. The van der Waals surface area contributed by atoms with Crippen LogP contribution in [0.5, 0.6) is 0 Å². The van der Waals surface area contributed by atoms with Crippen LogP contribution in [0.1, 0.15) is 63.6 Å². The van der Waals surface area contributed by atoms with Crippen LogP contribution in [0, 0.1) is 23.2 Å². The van der Waals surface area contributed by atoms with Crippen molar-refractivity contribution >= 4 is 11.9 Å². The van der Waals surface area contributed by atoms with Gasteiger partial charge in [0.2, 0.25) is 5.91 Å². The molecule has 1 heterocycles. The number of halogens is 6. The van der Waals surface area contributed by atoms with Gasteiger partial charge in [-0.3, -0.25) is 4.79 Å². The predicted octanol–water partition coefficient (Wildman–Crippen LogP) is 5.49. The minimum atomic E-state index is -5.00. The molecule has 4 unspecified atom stereocenters. The minimum absolute atomic E-state index is 0.0479. The standard InChI is InChI=1S/C25H31F6N5O2.C2H6/c1-3-16-9-21(16)35(6-5-32)22(37)17(11-33)13-34-14-20(4-2)36(23(34)38)12-15-7-18(24(26,27)28)10-19(8-15)25(29,30)31;1-2/h7-8,10,16-17,20-21H,3-4,6,9,11-14,33H2,1-2H3;1-2H3. The van der Waals surface area contributed by atoms with Crippen molar-refractivity contribution in [2.45, 2.75) is 77.9 Å². The maximum Gasteiger partial charge on any atom is 0.416 e. The Morgan fingerprint density at radius 1 is 1.10 bits per heavy atom. The topological polar surface area (TPSA) is 93.7 Å². The number of benzene rings is 1. The van der Waals surface area contributed by atoms with Crippen molar-refractivity contribution in [2.75, 3.05) is 26.2 Å². The van der Waals surface area contributed by atoms with Gasteiger partial charge in [0.1, 0.15) is 6.54 Å². The number of carbonyl (C=O) groups is 2. The number of nitriles is 1. The molecule has 1 saturated carbocycles. The Hall–Kier alpha value is -3.01. The van der Waals surface area contributed by atoms with Gasteiger partial charge in [0.15, 0.2) is 0 Å². The van der Waals surface area contributed by atoms with E-state index in [1.807, 2.05) is 26.8 Å². The fourth-order valence-electron chi connectivity index (χ4n) is 5.02. The summed E-state index contributed by atoms with van der Waals surface area (Å²) in [6.45, 7) is 7.17. The van der Waals surface area contributed by atoms with E-state index >= 15 is 0 Å². The number of rotatable bonds is 10. The van der Waals surface area contributed by atoms with Gasteiger partial charge in [0.05, 0.1) is 29.2 Å². The number of nitrogens with zero attached hydrogens (tertiary/aromatic N) is 4. The van der Waals surface area contributed by atoms with Crippen LogP contribution in [0.2, 0.25) is 0 Å². The molecule has 1 aliphatic carbocycles. The van der Waals surface area contributed by atoms with Crippen LogP contribution >= 0.6 is 0 Å². The fourth-order valence-corrected chi connectivity index (χ4v) is 5.02. The van der Waals surface area contributed by atoms with Gasteiger partial charge in [0, 0.05) is 32.2 Å². The van der Waals surface area contributed by atoms with Gasteiger partial charge >= 0.3 is 18.4 Å². The molecule has 40 heavy (non-hydrogen) atoms. The monoisotopic (exact) mass is 577 g/mol. The van der Waals surface area contributed by atoms with E-state index in [1.54, 1.807) is 6.92 Å². The lowest BCUT2D eigenvalue weighted by atomic mass is 10.0. The summed E-state index contributed by atoms with van der Waals surface area (Å²) in [5, 5.41) is 9.20. The zero-order chi connectivity index (χ0) is 30.4. The van der Waals surface area contributed by atoms with Crippen LogP contribution in [0.25, 0.3) is 0 Å². The molecule has 224 valence electrons. The van der Waals surface area contributed by atoms with Crippen molar-refractivity contribution in [1.29, 1.82) is 5.26 Å². The normalized spacial score (nSPS) is 21.4. The van der Waals surface area contributed by atoms with E-state index in [0.717, 1.165) is 12.8 Å². The summed E-state index contributed by atoms with van der Waals surface area (Å²) in [6.07, 6.45) is -7.95. The average Bonchev–Trinajstić information content (AvgIpc) is 3.63. The van der Waals surface area contributed by atoms with E-state index in [2.05, 4.69) is 0 Å². The summed E-state index contributed by atoms with van der Waals surface area (Å²) >= 11 is 0. The second kappa shape index (κ2) is 13.6. The smallest absolute Gasteiger partial charge is 0.330 e. The van der Waals surface area contributed by atoms with Gasteiger partial charge in [-0.1, -0.05) is 34.1 Å². The highest BCUT2D eigenvalue weighted by Crippen LogP contribution is 2.39. The van der Waals surface area contributed by atoms with Crippen molar-refractivity contribution in [3.05, 3.63) is 34.9 Å². The Morgan fingerprint density at radius 2 is 1.68 bits per heavy atom. The number of alkyl halides is 6. The molecular weight excluding hydrogens is 540 g/mol. The lowest BCUT2D eigenvalue weighted by Crippen LogP contribution is -2.47. The SMILES string of the molecule is CC.CCC1CC1N(CC#N)C(=O)C(CN)CN1CC(CC)N(Cc2cc(C(F)(F)F)cc(C(F)(F)F)c2)C1=O. The summed E-state index contributed by atoms with van der Waals surface area (Å²) in [4.78, 5) is 30.5. The highest BCUT2D eigenvalue weighted by molar-refractivity contribution is 5.82. The fraction of sp³-hybridized carbons (Fsp3) is 0.667. The Bertz CT molecular complexity index is 1040. The number of carbonyl (C=O) groups excluding carboxylic acids is 2. The van der Waals surface area contributed by atoms with Gasteiger partial charge in [0.25, 0.3) is 0 Å². The molecule has 1 aromatic rings. The average molecular weight is 578 g/mol. The number of urea groups is 1. The molecule has 3 rings (SSSR count). The molecule has 1 aromatic carbocycles. The van der Waals surface area contributed by atoms with E-state index in [0.29, 0.717) is 24.5 Å². The molecule has 1 aliphatic heterocycles. The molecule has 2 aliphatic rings. The van der Waals surface area contributed by atoms with Crippen molar-refractivity contribution in [3.63, 3.8) is 0 Å². The number of nitrogens with two attached hydrogens (primary N) is 1. The third-order valence-electron chi connectivity index (χ3n) is 7.27. The Balaban J connectivity index is 0.00000274. The van der Waals surface area contributed by atoms with Crippen LogP contribution in [0.3, 0.4) is 0 Å². The molecule has 7 nitrogen and oxygen atoms in total. The lowest BCUT2D eigenvalue weighted by Gasteiger charge is -2.28. The summed E-state index contributed by atoms with van der Waals surface area (Å²) in [5.74, 6) is -0.844. The van der Waals surface area contributed by atoms with E-state index in [1.165, 1.54) is 14.7 Å². The van der Waals surface area contributed by atoms with Crippen LogP contribution in [0.4, 0.5) is 31.1 Å². The van der Waals surface area contributed by atoms with Crippen LogP contribution in [-0.4, -0.2) is 64.9 Å². The molecule has 13 heteroatoms. The molecule has 0 spiro atoms. The van der Waals surface area contributed by atoms with Gasteiger partial charge in [-0.15, -0.1) is 0 Å². The maximum absolute atomic E-state index is 13.3. The highest BCUT2D eigenvalue weighted by atomic mass is 19.4. The minimum Gasteiger partial charge on any atom is -0.330 e. The number of hydrogen-bond donors (Lipinski definition) is 1. The van der Waals surface area contributed by atoms with Crippen molar-refractivity contribution in [2.24, 2.45) is 17.6 Å². The summed E-state index contributed by atoms with van der Waals surface area (Å²) in [6, 6.07) is 2.13. The predicted molar refractivity (Wildman–Crippen MR) is 136 cm³/mol.